The molecule has 1 N–H and O–H groups in total. The minimum Gasteiger partial charge on any atom is -0.481 e. The summed E-state index contributed by atoms with van der Waals surface area (Å²) < 4.78 is 41.4. The maximum absolute atomic E-state index is 13.0. The summed E-state index contributed by atoms with van der Waals surface area (Å²) in [6, 6.07) is 7.55. The molecule has 1 aliphatic rings. The van der Waals surface area contributed by atoms with Gasteiger partial charge in [-0.15, -0.1) is 0 Å². The monoisotopic (exact) mass is 421 g/mol. The van der Waals surface area contributed by atoms with Gasteiger partial charge in [0.2, 0.25) is 0 Å². The van der Waals surface area contributed by atoms with Crippen molar-refractivity contribution >= 4 is 5.97 Å². The first-order valence-electron chi connectivity index (χ1n) is 10.8. The zero-order valence-corrected chi connectivity index (χ0v) is 17.8. The maximum Gasteiger partial charge on any atom is 0.416 e. The third kappa shape index (κ3) is 4.57. The van der Waals surface area contributed by atoms with Gasteiger partial charge in [0, 0.05) is 17.3 Å². The molecule has 0 radical (unpaired) electrons. The van der Waals surface area contributed by atoms with Crippen LogP contribution >= 0.6 is 0 Å². The summed E-state index contributed by atoms with van der Waals surface area (Å²) in [6.45, 7) is 6.29. The normalized spacial score (nSPS) is 17.8. The number of aliphatic carboxylic acids is 1. The van der Waals surface area contributed by atoms with Crippen molar-refractivity contribution in [3.8, 4) is 0 Å². The van der Waals surface area contributed by atoms with E-state index < -0.39 is 17.7 Å². The standard InChI is InChI=1S/C24H30F3NO2/c1-4-6-20(16-9-11-19(12-10-16)24(25,26)27)28-21(15(2)3)13-17-7-5-8-18(23(17)28)14-22(29)30/h9-13,15,18,20H,4-8,14H2,1-3H3,(H,29,30)/t18?,20-/m0/s1. The predicted molar refractivity (Wildman–Crippen MR) is 111 cm³/mol. The minimum atomic E-state index is -4.36. The Hall–Kier alpha value is -2.24. The van der Waals surface area contributed by atoms with Crippen molar-refractivity contribution in [1.82, 2.24) is 4.57 Å². The van der Waals surface area contributed by atoms with Gasteiger partial charge in [0.05, 0.1) is 18.0 Å². The Morgan fingerprint density at radius 1 is 1.23 bits per heavy atom. The first kappa shape index (κ1) is 22.4. The molecule has 6 heteroatoms. The van der Waals surface area contributed by atoms with E-state index in [1.165, 1.54) is 5.56 Å². The van der Waals surface area contributed by atoms with Gasteiger partial charge in [-0.3, -0.25) is 4.79 Å². The summed E-state index contributed by atoms with van der Waals surface area (Å²) in [4.78, 5) is 11.5. The molecule has 0 aliphatic heterocycles. The molecule has 0 saturated heterocycles. The lowest BCUT2D eigenvalue weighted by Gasteiger charge is -2.31. The minimum absolute atomic E-state index is 0.0624. The number of benzene rings is 1. The van der Waals surface area contributed by atoms with Crippen LogP contribution in [0.3, 0.4) is 0 Å². The molecule has 1 aromatic carbocycles. The van der Waals surface area contributed by atoms with Crippen LogP contribution in [0.2, 0.25) is 0 Å². The number of fused-ring (bicyclic) bond motifs is 1. The number of alkyl halides is 3. The lowest BCUT2D eigenvalue weighted by Crippen LogP contribution is -2.22. The van der Waals surface area contributed by atoms with Crippen molar-refractivity contribution in [2.75, 3.05) is 0 Å². The summed E-state index contributed by atoms with van der Waals surface area (Å²) in [5, 5.41) is 9.45. The number of carboxylic acids is 1. The number of rotatable bonds is 7. The van der Waals surface area contributed by atoms with E-state index >= 15 is 0 Å². The van der Waals surface area contributed by atoms with Crippen LogP contribution in [0.25, 0.3) is 0 Å². The second kappa shape index (κ2) is 8.86. The van der Waals surface area contributed by atoms with E-state index in [4.69, 9.17) is 0 Å². The molecule has 30 heavy (non-hydrogen) atoms. The average molecular weight is 422 g/mol. The maximum atomic E-state index is 13.0. The first-order valence-corrected chi connectivity index (χ1v) is 10.8. The van der Waals surface area contributed by atoms with Gasteiger partial charge in [0.1, 0.15) is 0 Å². The van der Waals surface area contributed by atoms with E-state index in [-0.39, 0.29) is 24.3 Å². The van der Waals surface area contributed by atoms with Crippen LogP contribution in [0, 0.1) is 0 Å². The number of aromatic nitrogens is 1. The summed E-state index contributed by atoms with van der Waals surface area (Å²) >= 11 is 0. The Morgan fingerprint density at radius 2 is 1.90 bits per heavy atom. The average Bonchev–Trinajstić information content (AvgIpc) is 3.06. The molecule has 2 atom stereocenters. The molecule has 1 aromatic heterocycles. The van der Waals surface area contributed by atoms with Crippen LogP contribution in [0.1, 0.15) is 98.8 Å². The highest BCUT2D eigenvalue weighted by Crippen LogP contribution is 2.42. The fraction of sp³-hybridized carbons (Fsp3) is 0.542. The molecule has 0 amide bonds. The number of hydrogen-bond acceptors (Lipinski definition) is 1. The Bertz CT molecular complexity index is 881. The SMILES string of the molecule is CCC[C@@H](c1ccc(C(F)(F)F)cc1)n1c(C(C)C)cc2c1C(CC(=O)O)CCC2. The van der Waals surface area contributed by atoms with Gasteiger partial charge in [-0.05, 0) is 60.9 Å². The van der Waals surface area contributed by atoms with Crippen molar-refractivity contribution in [2.45, 2.75) is 83.4 Å². The second-order valence-electron chi connectivity index (χ2n) is 8.62. The molecular weight excluding hydrogens is 391 g/mol. The third-order valence-corrected chi connectivity index (χ3v) is 6.08. The molecule has 164 valence electrons. The number of carbonyl (C=O) groups is 1. The predicted octanol–water partition coefficient (Wildman–Crippen LogP) is 6.91. The summed E-state index contributed by atoms with van der Waals surface area (Å²) in [5.41, 5.74) is 3.60. The van der Waals surface area contributed by atoms with E-state index in [1.54, 1.807) is 12.1 Å². The van der Waals surface area contributed by atoms with Crippen molar-refractivity contribution in [1.29, 1.82) is 0 Å². The smallest absolute Gasteiger partial charge is 0.416 e. The molecule has 3 rings (SSSR count). The highest BCUT2D eigenvalue weighted by Gasteiger charge is 2.33. The zero-order chi connectivity index (χ0) is 22.1. The van der Waals surface area contributed by atoms with Gasteiger partial charge in [-0.1, -0.05) is 39.3 Å². The van der Waals surface area contributed by atoms with Gasteiger partial charge in [0.25, 0.3) is 0 Å². The van der Waals surface area contributed by atoms with Crippen molar-refractivity contribution in [3.63, 3.8) is 0 Å². The van der Waals surface area contributed by atoms with Crippen LogP contribution < -0.4 is 0 Å². The number of hydrogen-bond donors (Lipinski definition) is 1. The summed E-state index contributed by atoms with van der Waals surface area (Å²) in [7, 11) is 0. The number of carboxylic acid groups (broad SMARTS) is 1. The fourth-order valence-electron chi connectivity index (χ4n) is 4.77. The largest absolute Gasteiger partial charge is 0.481 e. The highest BCUT2D eigenvalue weighted by molar-refractivity contribution is 5.68. The molecular formula is C24H30F3NO2. The molecule has 0 saturated carbocycles. The quantitative estimate of drug-likeness (QED) is 0.527. The highest BCUT2D eigenvalue weighted by atomic mass is 19.4. The molecule has 0 bridgehead atoms. The number of nitrogens with zero attached hydrogens (tertiary/aromatic N) is 1. The topological polar surface area (TPSA) is 42.2 Å². The first-order chi connectivity index (χ1) is 14.1. The van der Waals surface area contributed by atoms with E-state index in [2.05, 4.69) is 31.4 Å². The Morgan fingerprint density at radius 3 is 2.43 bits per heavy atom. The van der Waals surface area contributed by atoms with E-state index in [1.807, 2.05) is 0 Å². The summed E-state index contributed by atoms with van der Waals surface area (Å²) in [5.74, 6) is -0.643. The van der Waals surface area contributed by atoms with E-state index in [9.17, 15) is 23.1 Å². The van der Waals surface area contributed by atoms with Gasteiger partial charge in [0.15, 0.2) is 0 Å². The molecule has 1 aliphatic carbocycles. The molecule has 2 aromatic rings. The molecule has 3 nitrogen and oxygen atoms in total. The molecule has 0 spiro atoms. The zero-order valence-electron chi connectivity index (χ0n) is 17.8. The number of halogens is 3. The number of aryl methyl sites for hydroxylation is 1. The Balaban J connectivity index is 2.14. The van der Waals surface area contributed by atoms with Crippen molar-refractivity contribution in [2.24, 2.45) is 0 Å². The van der Waals surface area contributed by atoms with Crippen LogP contribution in [-0.4, -0.2) is 15.6 Å². The Kier molecular flexibility index (Phi) is 6.63. The van der Waals surface area contributed by atoms with Crippen LogP contribution in [0.15, 0.2) is 30.3 Å². The van der Waals surface area contributed by atoms with Crippen LogP contribution in [0.5, 0.6) is 0 Å². The fourth-order valence-corrected chi connectivity index (χ4v) is 4.77. The van der Waals surface area contributed by atoms with E-state index in [0.29, 0.717) is 0 Å². The third-order valence-electron chi connectivity index (χ3n) is 6.08. The van der Waals surface area contributed by atoms with E-state index in [0.717, 1.165) is 61.2 Å². The van der Waals surface area contributed by atoms with Crippen LogP contribution in [0.4, 0.5) is 13.2 Å². The van der Waals surface area contributed by atoms with Crippen molar-refractivity contribution in [3.05, 3.63) is 58.4 Å². The Labute approximate surface area is 175 Å². The molecule has 1 heterocycles. The lowest BCUT2D eigenvalue weighted by atomic mass is 9.85. The second-order valence-corrected chi connectivity index (χ2v) is 8.62. The summed E-state index contributed by atoms with van der Waals surface area (Å²) in [6.07, 6.45) is 0.0925. The van der Waals surface area contributed by atoms with Gasteiger partial charge in [-0.25, -0.2) is 0 Å². The van der Waals surface area contributed by atoms with Gasteiger partial charge >= 0.3 is 12.1 Å². The van der Waals surface area contributed by atoms with Crippen molar-refractivity contribution < 1.29 is 23.1 Å². The van der Waals surface area contributed by atoms with Crippen LogP contribution in [-0.2, 0) is 17.4 Å². The molecule has 0 fully saturated rings. The van der Waals surface area contributed by atoms with Gasteiger partial charge in [-0.2, -0.15) is 13.2 Å². The van der Waals surface area contributed by atoms with Gasteiger partial charge < -0.3 is 9.67 Å². The molecule has 1 unspecified atom stereocenters. The lowest BCUT2D eigenvalue weighted by molar-refractivity contribution is -0.138.